The Hall–Kier alpha value is -3.61. The summed E-state index contributed by atoms with van der Waals surface area (Å²) in [5.74, 6) is 1.02. The maximum atomic E-state index is 12.3. The monoisotopic (exact) mass is 365 g/mol. The van der Waals surface area contributed by atoms with Gasteiger partial charge in [0.2, 0.25) is 17.7 Å². The zero-order chi connectivity index (χ0) is 19.4. The van der Waals surface area contributed by atoms with Crippen LogP contribution >= 0.6 is 0 Å². The number of aryl methyl sites for hydroxylation is 1. The Morgan fingerprint density at radius 3 is 2.37 bits per heavy atom. The molecule has 0 aliphatic rings. The van der Waals surface area contributed by atoms with Gasteiger partial charge in [0.05, 0.1) is 19.2 Å². The van der Waals surface area contributed by atoms with E-state index in [0.717, 1.165) is 11.3 Å². The molecule has 0 unspecified atom stereocenters. The lowest BCUT2D eigenvalue weighted by molar-refractivity contribution is -0.115. The van der Waals surface area contributed by atoms with Gasteiger partial charge >= 0.3 is 0 Å². The van der Waals surface area contributed by atoms with Crippen molar-refractivity contribution in [2.75, 3.05) is 12.4 Å². The van der Waals surface area contributed by atoms with Gasteiger partial charge in [-0.2, -0.15) is 0 Å². The van der Waals surface area contributed by atoms with E-state index in [1.807, 2.05) is 24.3 Å². The van der Waals surface area contributed by atoms with Crippen molar-refractivity contribution < 1.29 is 18.7 Å². The molecule has 3 rings (SSSR count). The number of amides is 2. The predicted octanol–water partition coefficient (Wildman–Crippen LogP) is 2.94. The van der Waals surface area contributed by atoms with Crippen LogP contribution in [-0.2, 0) is 11.2 Å². The summed E-state index contributed by atoms with van der Waals surface area (Å²) in [6, 6.07) is 13.7. The van der Waals surface area contributed by atoms with Gasteiger partial charge in [-0.1, -0.05) is 0 Å². The highest BCUT2D eigenvalue weighted by Gasteiger charge is 2.15. The van der Waals surface area contributed by atoms with Gasteiger partial charge in [0.1, 0.15) is 11.5 Å². The van der Waals surface area contributed by atoms with Gasteiger partial charge < -0.3 is 20.2 Å². The molecule has 0 fully saturated rings. The van der Waals surface area contributed by atoms with Crippen LogP contribution < -0.4 is 15.8 Å². The number of benzene rings is 2. The minimum atomic E-state index is -0.517. The molecule has 0 radical (unpaired) electrons. The zero-order valence-electron chi connectivity index (χ0n) is 15.0. The third kappa shape index (κ3) is 4.33. The summed E-state index contributed by atoms with van der Waals surface area (Å²) < 4.78 is 10.8. The highest BCUT2D eigenvalue weighted by Crippen LogP contribution is 2.24. The van der Waals surface area contributed by atoms with Crippen molar-refractivity contribution in [3.63, 3.8) is 0 Å². The summed E-state index contributed by atoms with van der Waals surface area (Å²) in [7, 11) is 1.60. The van der Waals surface area contributed by atoms with Crippen molar-refractivity contribution in [1.82, 2.24) is 4.98 Å². The molecule has 27 heavy (non-hydrogen) atoms. The maximum absolute atomic E-state index is 12.3. The molecule has 0 bridgehead atoms. The van der Waals surface area contributed by atoms with Crippen LogP contribution in [0.5, 0.6) is 5.75 Å². The Morgan fingerprint density at radius 2 is 1.78 bits per heavy atom. The highest BCUT2D eigenvalue weighted by molar-refractivity contribution is 5.95. The Labute approximate surface area is 156 Å². The van der Waals surface area contributed by atoms with E-state index < -0.39 is 5.91 Å². The lowest BCUT2D eigenvalue weighted by Crippen LogP contribution is -2.15. The topological polar surface area (TPSA) is 107 Å². The van der Waals surface area contributed by atoms with Gasteiger partial charge in [-0.05, 0) is 55.5 Å². The first-order valence-corrected chi connectivity index (χ1v) is 8.26. The Balaban J connectivity index is 1.68. The molecule has 3 aromatic rings. The molecule has 0 aliphatic carbocycles. The fourth-order valence-electron chi connectivity index (χ4n) is 2.52. The number of nitrogens with two attached hydrogens (primary N) is 1. The summed E-state index contributed by atoms with van der Waals surface area (Å²) in [5, 5.41) is 2.76. The Bertz CT molecular complexity index is 960. The number of ether oxygens (including phenoxy) is 1. The number of aromatic nitrogens is 1. The van der Waals surface area contributed by atoms with Gasteiger partial charge in [-0.3, -0.25) is 9.59 Å². The van der Waals surface area contributed by atoms with E-state index in [4.69, 9.17) is 14.9 Å². The number of carbonyl (C=O) groups excluding carboxylic acids is 2. The van der Waals surface area contributed by atoms with Crippen LogP contribution in [0.4, 0.5) is 5.69 Å². The second kappa shape index (κ2) is 7.74. The Kier molecular flexibility index (Phi) is 5.21. The number of nitrogens with zero attached hydrogens (tertiary/aromatic N) is 1. The first-order valence-electron chi connectivity index (χ1n) is 8.26. The molecule has 0 saturated carbocycles. The van der Waals surface area contributed by atoms with E-state index >= 15 is 0 Å². The minimum absolute atomic E-state index is 0.0725. The van der Waals surface area contributed by atoms with Crippen LogP contribution in [0.25, 0.3) is 11.5 Å². The van der Waals surface area contributed by atoms with Crippen molar-refractivity contribution >= 4 is 17.5 Å². The summed E-state index contributed by atoms with van der Waals surface area (Å²) in [4.78, 5) is 27.8. The maximum Gasteiger partial charge on any atom is 0.248 e. The molecule has 2 aromatic carbocycles. The van der Waals surface area contributed by atoms with E-state index in [1.165, 1.54) is 0 Å². The third-order valence-electron chi connectivity index (χ3n) is 4.01. The molecule has 7 heteroatoms. The van der Waals surface area contributed by atoms with Gasteiger partial charge in [0, 0.05) is 16.8 Å². The van der Waals surface area contributed by atoms with Gasteiger partial charge in [0.15, 0.2) is 0 Å². The van der Waals surface area contributed by atoms with Gasteiger partial charge in [0.25, 0.3) is 0 Å². The number of carbonyl (C=O) groups is 2. The largest absolute Gasteiger partial charge is 0.497 e. The number of rotatable bonds is 6. The summed E-state index contributed by atoms with van der Waals surface area (Å²) >= 11 is 0. The minimum Gasteiger partial charge on any atom is -0.497 e. The third-order valence-corrected chi connectivity index (χ3v) is 4.01. The number of methoxy groups -OCH3 is 1. The number of anilines is 1. The molecule has 1 aromatic heterocycles. The molecule has 0 saturated heterocycles. The SMILES string of the molecule is COc1ccc(-c2nc(CC(=O)Nc3ccc(C(N)=O)cc3)c(C)o2)cc1. The van der Waals surface area contributed by atoms with Crippen LogP contribution in [0.15, 0.2) is 52.9 Å². The van der Waals surface area contributed by atoms with E-state index in [9.17, 15) is 9.59 Å². The number of primary amides is 1. The second-order valence-corrected chi connectivity index (χ2v) is 5.92. The molecular weight excluding hydrogens is 346 g/mol. The van der Waals surface area contributed by atoms with Crippen molar-refractivity contribution in [3.8, 4) is 17.2 Å². The van der Waals surface area contributed by atoms with Gasteiger partial charge in [-0.25, -0.2) is 4.98 Å². The standard InChI is InChI=1S/C20H19N3O4/c1-12-17(23-20(27-12)14-5-9-16(26-2)10-6-14)11-18(24)22-15-7-3-13(4-8-15)19(21)25/h3-10H,11H2,1-2H3,(H2,21,25)(H,22,24). The fraction of sp³-hybridized carbons (Fsp3) is 0.150. The quantitative estimate of drug-likeness (QED) is 0.698. The lowest BCUT2D eigenvalue weighted by Gasteiger charge is -2.04. The van der Waals surface area contributed by atoms with Gasteiger partial charge in [-0.15, -0.1) is 0 Å². The van der Waals surface area contributed by atoms with E-state index in [1.54, 1.807) is 38.3 Å². The van der Waals surface area contributed by atoms with Crippen LogP contribution in [0.1, 0.15) is 21.8 Å². The fourth-order valence-corrected chi connectivity index (χ4v) is 2.52. The zero-order valence-corrected chi connectivity index (χ0v) is 15.0. The highest BCUT2D eigenvalue weighted by atomic mass is 16.5. The number of oxazole rings is 1. The molecule has 1 heterocycles. The van der Waals surface area contributed by atoms with Crippen LogP contribution in [0, 0.1) is 6.92 Å². The predicted molar refractivity (Wildman–Crippen MR) is 101 cm³/mol. The van der Waals surface area contributed by atoms with Crippen molar-refractivity contribution in [2.24, 2.45) is 5.73 Å². The average Bonchev–Trinajstić information content (AvgIpc) is 3.02. The van der Waals surface area contributed by atoms with Crippen LogP contribution in [-0.4, -0.2) is 23.9 Å². The molecular formula is C20H19N3O4. The van der Waals surface area contributed by atoms with Crippen molar-refractivity contribution in [2.45, 2.75) is 13.3 Å². The van der Waals surface area contributed by atoms with Crippen molar-refractivity contribution in [1.29, 1.82) is 0 Å². The van der Waals surface area contributed by atoms with Crippen molar-refractivity contribution in [3.05, 3.63) is 65.5 Å². The normalized spacial score (nSPS) is 10.4. The molecule has 0 spiro atoms. The summed E-state index contributed by atoms with van der Waals surface area (Å²) in [6.07, 6.45) is 0.0725. The first kappa shape index (κ1) is 18.2. The smallest absolute Gasteiger partial charge is 0.248 e. The molecule has 0 aliphatic heterocycles. The number of hydrogen-bond acceptors (Lipinski definition) is 5. The molecule has 0 atom stereocenters. The molecule has 138 valence electrons. The summed E-state index contributed by atoms with van der Waals surface area (Å²) in [6.45, 7) is 1.77. The Morgan fingerprint density at radius 1 is 1.11 bits per heavy atom. The number of nitrogens with one attached hydrogen (secondary N) is 1. The van der Waals surface area contributed by atoms with E-state index in [0.29, 0.717) is 28.6 Å². The van der Waals surface area contributed by atoms with E-state index in [-0.39, 0.29) is 12.3 Å². The second-order valence-electron chi connectivity index (χ2n) is 5.92. The summed E-state index contributed by atoms with van der Waals surface area (Å²) in [5.41, 5.74) is 7.51. The van der Waals surface area contributed by atoms with Crippen LogP contribution in [0.3, 0.4) is 0 Å². The first-order chi connectivity index (χ1) is 13.0. The molecule has 3 N–H and O–H groups in total. The number of hydrogen-bond donors (Lipinski definition) is 2. The average molecular weight is 365 g/mol. The van der Waals surface area contributed by atoms with E-state index in [2.05, 4.69) is 10.3 Å². The lowest BCUT2D eigenvalue weighted by atomic mass is 10.2. The van der Waals surface area contributed by atoms with Crippen LogP contribution in [0.2, 0.25) is 0 Å². The molecule has 2 amide bonds. The molecule has 7 nitrogen and oxygen atoms in total.